The average molecular weight is 261 g/mol. The molecule has 1 fully saturated rings. The molecule has 2 heteroatoms. The van der Waals surface area contributed by atoms with E-state index in [9.17, 15) is 0 Å². The van der Waals surface area contributed by atoms with Gasteiger partial charge in [-0.2, -0.15) is 0 Å². The molecule has 1 aliphatic heterocycles. The molecule has 0 spiro atoms. The summed E-state index contributed by atoms with van der Waals surface area (Å²) in [6.45, 7) is 2.44. The fourth-order valence-corrected chi connectivity index (χ4v) is 4.18. The summed E-state index contributed by atoms with van der Waals surface area (Å²) in [5.41, 5.74) is 3.22. The molecule has 1 unspecified atom stereocenters. The van der Waals surface area contributed by atoms with Crippen molar-refractivity contribution < 1.29 is 0 Å². The SMILES string of the molecule is c1cc2c(cc1SCC1CCCNC1)CCCC2. The van der Waals surface area contributed by atoms with Crippen LogP contribution in [0.25, 0.3) is 0 Å². The number of rotatable bonds is 3. The lowest BCUT2D eigenvalue weighted by molar-refractivity contribution is 0.410. The first-order valence-electron chi connectivity index (χ1n) is 7.37. The maximum atomic E-state index is 3.51. The van der Waals surface area contributed by atoms with E-state index in [-0.39, 0.29) is 0 Å². The zero-order valence-corrected chi connectivity index (χ0v) is 11.9. The Balaban J connectivity index is 1.58. The molecule has 1 atom stereocenters. The van der Waals surface area contributed by atoms with E-state index in [0.29, 0.717) is 0 Å². The van der Waals surface area contributed by atoms with E-state index < -0.39 is 0 Å². The minimum absolute atomic E-state index is 0.875. The number of nitrogens with one attached hydrogen (secondary N) is 1. The summed E-state index contributed by atoms with van der Waals surface area (Å²) in [5, 5.41) is 3.51. The molecule has 1 heterocycles. The van der Waals surface area contributed by atoms with Crippen LogP contribution in [0.15, 0.2) is 23.1 Å². The van der Waals surface area contributed by atoms with Crippen molar-refractivity contribution in [1.29, 1.82) is 0 Å². The third kappa shape index (κ3) is 3.10. The first kappa shape index (κ1) is 12.6. The summed E-state index contributed by atoms with van der Waals surface area (Å²) in [6, 6.07) is 7.16. The van der Waals surface area contributed by atoms with Gasteiger partial charge in [0.25, 0.3) is 0 Å². The summed E-state index contributed by atoms with van der Waals surface area (Å²) in [5.74, 6) is 2.16. The average Bonchev–Trinajstić information content (AvgIpc) is 2.46. The molecule has 0 aromatic heterocycles. The van der Waals surface area contributed by atoms with Crippen molar-refractivity contribution >= 4 is 11.8 Å². The molecule has 0 radical (unpaired) electrons. The first-order valence-corrected chi connectivity index (χ1v) is 8.36. The molecule has 1 N–H and O–H groups in total. The van der Waals surface area contributed by atoms with Crippen molar-refractivity contribution in [3.05, 3.63) is 29.3 Å². The third-order valence-electron chi connectivity index (χ3n) is 4.20. The van der Waals surface area contributed by atoms with Crippen LogP contribution in [0.4, 0.5) is 0 Å². The van der Waals surface area contributed by atoms with Gasteiger partial charge in [-0.3, -0.25) is 0 Å². The lowest BCUT2D eigenvalue weighted by Gasteiger charge is -2.22. The molecule has 0 amide bonds. The molecule has 2 aliphatic rings. The van der Waals surface area contributed by atoms with Gasteiger partial charge in [0, 0.05) is 10.6 Å². The highest BCUT2D eigenvalue weighted by atomic mass is 32.2. The van der Waals surface area contributed by atoms with Crippen molar-refractivity contribution in [2.75, 3.05) is 18.8 Å². The molecule has 1 nitrogen and oxygen atoms in total. The second-order valence-corrected chi connectivity index (χ2v) is 6.75. The van der Waals surface area contributed by atoms with E-state index in [4.69, 9.17) is 0 Å². The summed E-state index contributed by atoms with van der Waals surface area (Å²) < 4.78 is 0. The molecule has 0 saturated carbocycles. The van der Waals surface area contributed by atoms with Crippen LogP contribution in [-0.2, 0) is 12.8 Å². The van der Waals surface area contributed by atoms with Gasteiger partial charge in [-0.1, -0.05) is 6.07 Å². The fraction of sp³-hybridized carbons (Fsp3) is 0.625. The predicted octanol–water partition coefficient (Wildman–Crippen LogP) is 3.66. The zero-order valence-electron chi connectivity index (χ0n) is 11.1. The van der Waals surface area contributed by atoms with Crippen molar-refractivity contribution in [2.24, 2.45) is 5.92 Å². The van der Waals surface area contributed by atoms with Gasteiger partial charge >= 0.3 is 0 Å². The number of thioether (sulfide) groups is 1. The van der Waals surface area contributed by atoms with Gasteiger partial charge in [-0.05, 0) is 80.8 Å². The minimum Gasteiger partial charge on any atom is -0.316 e. The van der Waals surface area contributed by atoms with Crippen LogP contribution in [0.1, 0.15) is 36.8 Å². The van der Waals surface area contributed by atoms with Crippen LogP contribution in [-0.4, -0.2) is 18.8 Å². The molecule has 1 aliphatic carbocycles. The zero-order chi connectivity index (χ0) is 12.2. The van der Waals surface area contributed by atoms with Gasteiger partial charge in [-0.15, -0.1) is 11.8 Å². The smallest absolute Gasteiger partial charge is 0.00749 e. The maximum Gasteiger partial charge on any atom is 0.00749 e. The van der Waals surface area contributed by atoms with E-state index in [1.165, 1.54) is 62.3 Å². The Hall–Kier alpha value is -0.470. The second kappa shape index (κ2) is 6.12. The van der Waals surface area contributed by atoms with Crippen molar-refractivity contribution in [1.82, 2.24) is 5.32 Å². The van der Waals surface area contributed by atoms with Crippen molar-refractivity contribution in [2.45, 2.75) is 43.4 Å². The molecule has 18 heavy (non-hydrogen) atoms. The molecule has 1 aromatic carbocycles. The quantitative estimate of drug-likeness (QED) is 0.833. The van der Waals surface area contributed by atoms with E-state index in [0.717, 1.165) is 5.92 Å². The van der Waals surface area contributed by atoms with Crippen molar-refractivity contribution in [3.8, 4) is 0 Å². The van der Waals surface area contributed by atoms with Crippen LogP contribution in [0, 0.1) is 5.92 Å². The summed E-state index contributed by atoms with van der Waals surface area (Å²) in [6.07, 6.45) is 8.13. The highest BCUT2D eigenvalue weighted by molar-refractivity contribution is 7.99. The van der Waals surface area contributed by atoms with E-state index in [2.05, 4.69) is 35.3 Å². The number of hydrogen-bond acceptors (Lipinski definition) is 2. The Kier molecular flexibility index (Phi) is 4.27. The maximum absolute atomic E-state index is 3.51. The van der Waals surface area contributed by atoms with E-state index in [1.54, 1.807) is 11.1 Å². The van der Waals surface area contributed by atoms with Gasteiger partial charge in [0.05, 0.1) is 0 Å². The van der Waals surface area contributed by atoms with E-state index >= 15 is 0 Å². The van der Waals surface area contributed by atoms with Gasteiger partial charge in [0.15, 0.2) is 0 Å². The number of hydrogen-bond donors (Lipinski definition) is 1. The third-order valence-corrected chi connectivity index (χ3v) is 5.43. The highest BCUT2D eigenvalue weighted by Crippen LogP contribution is 2.29. The standard InChI is InChI=1S/C16H23NS/c1-2-6-15-10-16(8-7-14(15)5-1)18-12-13-4-3-9-17-11-13/h7-8,10,13,17H,1-6,9,11-12H2. The Bertz CT molecular complexity index is 396. The van der Waals surface area contributed by atoms with Crippen molar-refractivity contribution in [3.63, 3.8) is 0 Å². The summed E-state index contributed by atoms with van der Waals surface area (Å²) in [7, 11) is 0. The minimum atomic E-state index is 0.875. The van der Waals surface area contributed by atoms with Crippen LogP contribution in [0.5, 0.6) is 0 Å². The number of benzene rings is 1. The predicted molar refractivity (Wildman–Crippen MR) is 79.4 cm³/mol. The van der Waals surface area contributed by atoms with Gasteiger partial charge in [0.2, 0.25) is 0 Å². The largest absolute Gasteiger partial charge is 0.316 e. The van der Waals surface area contributed by atoms with Gasteiger partial charge in [-0.25, -0.2) is 0 Å². The summed E-state index contributed by atoms with van der Waals surface area (Å²) in [4.78, 5) is 1.49. The van der Waals surface area contributed by atoms with Gasteiger partial charge < -0.3 is 5.32 Å². The number of aryl methyl sites for hydroxylation is 2. The lowest BCUT2D eigenvalue weighted by Crippen LogP contribution is -2.30. The second-order valence-electron chi connectivity index (χ2n) is 5.66. The van der Waals surface area contributed by atoms with Crippen LogP contribution >= 0.6 is 11.8 Å². The Morgan fingerprint density at radius 1 is 1.11 bits per heavy atom. The van der Waals surface area contributed by atoms with Crippen LogP contribution in [0.3, 0.4) is 0 Å². The molecule has 0 bridgehead atoms. The molecule has 3 rings (SSSR count). The fourth-order valence-electron chi connectivity index (χ4n) is 3.08. The molecule has 98 valence electrons. The monoisotopic (exact) mass is 261 g/mol. The molecular weight excluding hydrogens is 238 g/mol. The Morgan fingerprint density at radius 3 is 2.83 bits per heavy atom. The molecular formula is C16H23NS. The Labute approximate surface area is 115 Å². The van der Waals surface area contributed by atoms with Crippen LogP contribution < -0.4 is 5.32 Å². The Morgan fingerprint density at radius 2 is 2.00 bits per heavy atom. The lowest BCUT2D eigenvalue weighted by atomic mass is 9.92. The summed E-state index contributed by atoms with van der Waals surface area (Å²) >= 11 is 2.06. The molecule has 1 saturated heterocycles. The van der Waals surface area contributed by atoms with Gasteiger partial charge in [0.1, 0.15) is 0 Å². The topological polar surface area (TPSA) is 12.0 Å². The number of fused-ring (bicyclic) bond motifs is 1. The normalized spacial score (nSPS) is 23.7. The first-order chi connectivity index (χ1) is 8.92. The highest BCUT2D eigenvalue weighted by Gasteiger charge is 2.14. The molecule has 1 aromatic rings. The van der Waals surface area contributed by atoms with E-state index in [1.807, 2.05) is 0 Å². The number of piperidine rings is 1. The van der Waals surface area contributed by atoms with Crippen LogP contribution in [0.2, 0.25) is 0 Å².